The lowest BCUT2D eigenvalue weighted by atomic mass is 10.2. The predicted molar refractivity (Wildman–Crippen MR) is 91.5 cm³/mol. The van der Waals surface area contributed by atoms with E-state index in [2.05, 4.69) is 26.2 Å². The van der Waals surface area contributed by atoms with Gasteiger partial charge in [0.15, 0.2) is 5.58 Å². The number of anilines is 1. The number of halogens is 1. The normalized spacial score (nSPS) is 18.4. The molecule has 0 saturated carbocycles. The second-order valence-corrected chi connectivity index (χ2v) is 7.60. The van der Waals surface area contributed by atoms with Crippen LogP contribution in [-0.2, 0) is 4.74 Å². The van der Waals surface area contributed by atoms with Crippen molar-refractivity contribution >= 4 is 39.1 Å². The molecule has 0 spiro atoms. The number of benzene rings is 1. The number of hydrogen-bond acceptors (Lipinski definition) is 5. The number of amides is 1. The molecule has 23 heavy (non-hydrogen) atoms. The van der Waals surface area contributed by atoms with Crippen molar-refractivity contribution in [1.29, 1.82) is 0 Å². The number of likely N-dealkylation sites (tertiary alicyclic amines) is 1. The smallest absolute Gasteiger partial charge is 0.410 e. The summed E-state index contributed by atoms with van der Waals surface area (Å²) in [6.45, 7) is 6.85. The molecule has 0 aliphatic carbocycles. The van der Waals surface area contributed by atoms with E-state index in [1.807, 2.05) is 39.0 Å². The van der Waals surface area contributed by atoms with Crippen LogP contribution in [0.4, 0.5) is 10.8 Å². The Morgan fingerprint density at radius 1 is 1.48 bits per heavy atom. The largest absolute Gasteiger partial charge is 0.444 e. The molecule has 2 aromatic rings. The highest BCUT2D eigenvalue weighted by atomic mass is 79.9. The van der Waals surface area contributed by atoms with E-state index in [0.29, 0.717) is 19.1 Å². The molecular formula is C16H20BrN3O3. The van der Waals surface area contributed by atoms with E-state index in [-0.39, 0.29) is 12.1 Å². The van der Waals surface area contributed by atoms with E-state index in [9.17, 15) is 4.79 Å². The second-order valence-electron chi connectivity index (χ2n) is 6.69. The summed E-state index contributed by atoms with van der Waals surface area (Å²) in [4.78, 5) is 18.2. The van der Waals surface area contributed by atoms with Crippen LogP contribution in [0.15, 0.2) is 27.1 Å². The molecule has 1 aromatic carbocycles. The van der Waals surface area contributed by atoms with Crippen molar-refractivity contribution in [2.75, 3.05) is 18.4 Å². The number of hydrogen-bond donors (Lipinski definition) is 1. The molecule has 124 valence electrons. The zero-order valence-electron chi connectivity index (χ0n) is 13.4. The fourth-order valence-corrected chi connectivity index (χ4v) is 2.85. The van der Waals surface area contributed by atoms with Crippen LogP contribution in [0.5, 0.6) is 0 Å². The van der Waals surface area contributed by atoms with E-state index in [4.69, 9.17) is 9.15 Å². The lowest BCUT2D eigenvalue weighted by Gasteiger charge is -2.24. The summed E-state index contributed by atoms with van der Waals surface area (Å²) in [6, 6.07) is 6.30. The average Bonchev–Trinajstić information content (AvgIpc) is 3.03. The summed E-state index contributed by atoms with van der Waals surface area (Å²) in [5.41, 5.74) is 1.05. The van der Waals surface area contributed by atoms with Gasteiger partial charge in [0.05, 0.1) is 0 Å². The number of rotatable bonds is 2. The molecule has 1 atom stereocenters. The Bertz CT molecular complexity index is 723. The van der Waals surface area contributed by atoms with E-state index in [1.165, 1.54) is 0 Å². The van der Waals surface area contributed by atoms with Gasteiger partial charge in [-0.05, 0) is 45.4 Å². The topological polar surface area (TPSA) is 67.6 Å². The lowest BCUT2D eigenvalue weighted by Crippen LogP contribution is -2.36. The Labute approximate surface area is 143 Å². The van der Waals surface area contributed by atoms with Gasteiger partial charge in [0.25, 0.3) is 6.01 Å². The van der Waals surface area contributed by atoms with Crippen molar-refractivity contribution in [3.8, 4) is 0 Å². The van der Waals surface area contributed by atoms with Gasteiger partial charge in [-0.1, -0.05) is 15.9 Å². The van der Waals surface area contributed by atoms with Crippen LogP contribution in [-0.4, -0.2) is 40.7 Å². The molecule has 1 N–H and O–H groups in total. The van der Waals surface area contributed by atoms with E-state index in [1.54, 1.807) is 4.90 Å². The van der Waals surface area contributed by atoms with Crippen molar-refractivity contribution in [3.63, 3.8) is 0 Å². The second kappa shape index (κ2) is 6.03. The maximum Gasteiger partial charge on any atom is 0.410 e. The van der Waals surface area contributed by atoms with Crippen LogP contribution >= 0.6 is 15.9 Å². The standard InChI is InChI=1S/C16H20BrN3O3/c1-16(2,3)23-15(21)20-7-6-11(9-20)18-14-19-12-5-4-10(17)8-13(12)22-14/h4-5,8,11H,6-7,9H2,1-3H3,(H,18,19)/t11-/m0/s1. The first-order valence-corrected chi connectivity index (χ1v) is 8.40. The summed E-state index contributed by atoms with van der Waals surface area (Å²) in [6.07, 6.45) is 0.560. The summed E-state index contributed by atoms with van der Waals surface area (Å²) in [7, 11) is 0. The van der Waals surface area contributed by atoms with Gasteiger partial charge in [-0.15, -0.1) is 0 Å². The first-order valence-electron chi connectivity index (χ1n) is 7.61. The summed E-state index contributed by atoms with van der Waals surface area (Å²) >= 11 is 3.41. The van der Waals surface area contributed by atoms with Crippen molar-refractivity contribution in [2.24, 2.45) is 0 Å². The Kier molecular flexibility index (Phi) is 4.23. The predicted octanol–water partition coefficient (Wildman–Crippen LogP) is 4.01. The number of fused-ring (bicyclic) bond motifs is 1. The summed E-state index contributed by atoms with van der Waals surface area (Å²) < 4.78 is 12.0. The molecule has 1 aliphatic heterocycles. The number of ether oxygens (including phenoxy) is 1. The van der Waals surface area contributed by atoms with Crippen LogP contribution < -0.4 is 5.32 Å². The fourth-order valence-electron chi connectivity index (χ4n) is 2.51. The SMILES string of the molecule is CC(C)(C)OC(=O)N1CC[C@H](Nc2nc3ccc(Br)cc3o2)C1. The molecular weight excluding hydrogens is 362 g/mol. The van der Waals surface area contributed by atoms with E-state index >= 15 is 0 Å². The van der Waals surface area contributed by atoms with Crippen LogP contribution in [0, 0.1) is 0 Å². The Morgan fingerprint density at radius 3 is 3.00 bits per heavy atom. The highest BCUT2D eigenvalue weighted by Gasteiger charge is 2.30. The Hall–Kier alpha value is -1.76. The van der Waals surface area contributed by atoms with Crippen LogP contribution in [0.1, 0.15) is 27.2 Å². The van der Waals surface area contributed by atoms with E-state index < -0.39 is 5.60 Å². The van der Waals surface area contributed by atoms with E-state index in [0.717, 1.165) is 22.0 Å². The Balaban J connectivity index is 1.61. The maximum atomic E-state index is 12.1. The van der Waals surface area contributed by atoms with Crippen molar-refractivity contribution < 1.29 is 13.9 Å². The molecule has 2 heterocycles. The highest BCUT2D eigenvalue weighted by Crippen LogP contribution is 2.24. The Morgan fingerprint density at radius 2 is 2.26 bits per heavy atom. The molecule has 3 rings (SSSR count). The van der Waals surface area contributed by atoms with Crippen molar-refractivity contribution in [1.82, 2.24) is 9.88 Å². The summed E-state index contributed by atoms with van der Waals surface area (Å²) in [5.74, 6) is 0. The average molecular weight is 382 g/mol. The van der Waals surface area contributed by atoms with Crippen molar-refractivity contribution in [3.05, 3.63) is 22.7 Å². The number of carbonyl (C=O) groups excluding carboxylic acids is 1. The zero-order valence-corrected chi connectivity index (χ0v) is 15.0. The van der Waals surface area contributed by atoms with Crippen LogP contribution in [0.25, 0.3) is 11.1 Å². The van der Waals surface area contributed by atoms with Gasteiger partial charge in [-0.3, -0.25) is 0 Å². The third-order valence-electron chi connectivity index (χ3n) is 3.52. The number of aromatic nitrogens is 1. The monoisotopic (exact) mass is 381 g/mol. The van der Waals surface area contributed by atoms with Gasteiger partial charge in [0.1, 0.15) is 11.1 Å². The van der Waals surface area contributed by atoms with Gasteiger partial charge < -0.3 is 19.4 Å². The molecule has 1 aromatic heterocycles. The summed E-state index contributed by atoms with van der Waals surface area (Å²) in [5, 5.41) is 3.25. The molecule has 1 aliphatic rings. The number of oxazole rings is 1. The third kappa shape index (κ3) is 3.96. The van der Waals surface area contributed by atoms with Crippen LogP contribution in [0.2, 0.25) is 0 Å². The highest BCUT2D eigenvalue weighted by molar-refractivity contribution is 9.10. The number of nitrogens with zero attached hydrogens (tertiary/aromatic N) is 2. The van der Waals surface area contributed by atoms with Crippen molar-refractivity contribution in [2.45, 2.75) is 38.8 Å². The maximum absolute atomic E-state index is 12.1. The van der Waals surface area contributed by atoms with Crippen LogP contribution in [0.3, 0.4) is 0 Å². The molecule has 0 bridgehead atoms. The first kappa shape index (κ1) is 16.1. The molecule has 6 nitrogen and oxygen atoms in total. The minimum atomic E-state index is -0.476. The fraction of sp³-hybridized carbons (Fsp3) is 0.500. The van der Waals surface area contributed by atoms with Gasteiger partial charge in [-0.2, -0.15) is 4.98 Å². The van der Waals surface area contributed by atoms with Gasteiger partial charge in [-0.25, -0.2) is 4.79 Å². The number of carbonyl (C=O) groups is 1. The lowest BCUT2D eigenvalue weighted by molar-refractivity contribution is 0.0293. The molecule has 0 unspecified atom stereocenters. The third-order valence-corrected chi connectivity index (χ3v) is 4.01. The quantitative estimate of drug-likeness (QED) is 0.850. The number of nitrogens with one attached hydrogen (secondary N) is 1. The zero-order chi connectivity index (χ0) is 16.6. The minimum absolute atomic E-state index is 0.110. The molecule has 7 heteroatoms. The minimum Gasteiger partial charge on any atom is -0.444 e. The molecule has 0 radical (unpaired) electrons. The van der Waals surface area contributed by atoms with Gasteiger partial charge in [0, 0.05) is 23.6 Å². The molecule has 1 saturated heterocycles. The molecule has 1 fully saturated rings. The van der Waals surface area contributed by atoms with Gasteiger partial charge >= 0.3 is 6.09 Å². The first-order chi connectivity index (χ1) is 10.8. The molecule has 1 amide bonds. The van der Waals surface area contributed by atoms with Gasteiger partial charge in [0.2, 0.25) is 0 Å².